The highest BCUT2D eigenvalue weighted by molar-refractivity contribution is 5.85. The van der Waals surface area contributed by atoms with Crippen molar-refractivity contribution in [2.75, 3.05) is 0 Å². The van der Waals surface area contributed by atoms with Gasteiger partial charge in [-0.3, -0.25) is 0 Å². The van der Waals surface area contributed by atoms with Gasteiger partial charge in [0, 0.05) is 11.7 Å². The molecular weight excluding hydrogens is 198 g/mol. The van der Waals surface area contributed by atoms with Crippen molar-refractivity contribution in [1.29, 1.82) is 10.5 Å². The van der Waals surface area contributed by atoms with E-state index in [1.54, 1.807) is 0 Å². The molecule has 0 aliphatic rings. The van der Waals surface area contributed by atoms with Crippen molar-refractivity contribution in [1.82, 2.24) is 4.98 Å². The van der Waals surface area contributed by atoms with E-state index in [9.17, 15) is 0 Å². The van der Waals surface area contributed by atoms with Crippen LogP contribution < -0.4 is 0 Å². The summed E-state index contributed by atoms with van der Waals surface area (Å²) < 4.78 is 0. The van der Waals surface area contributed by atoms with Crippen molar-refractivity contribution in [3.8, 4) is 12.1 Å². The Morgan fingerprint density at radius 2 is 1.64 bits per heavy atom. The molecular formula is C10H8ClN3. The van der Waals surface area contributed by atoms with E-state index >= 15 is 0 Å². The molecule has 2 aromatic rings. The topological polar surface area (TPSA) is 63.4 Å². The molecule has 0 fully saturated rings. The Bertz CT molecular complexity index is 420. The largest absolute Gasteiger partial charge is 0.361 e. The highest BCUT2D eigenvalue weighted by Crippen LogP contribution is 2.09. The molecule has 1 aromatic carbocycles. The number of nitrogens with zero attached hydrogens (tertiary/aromatic N) is 2. The van der Waals surface area contributed by atoms with Gasteiger partial charge in [0.05, 0.1) is 0 Å². The lowest BCUT2D eigenvalue weighted by atomic mass is 10.3. The molecule has 0 bridgehead atoms. The van der Waals surface area contributed by atoms with Crippen molar-refractivity contribution in [2.45, 2.75) is 0 Å². The molecule has 0 amide bonds. The number of nitriles is 2. The van der Waals surface area contributed by atoms with E-state index in [0.717, 1.165) is 0 Å². The molecule has 0 aliphatic heterocycles. The number of para-hydroxylation sites is 1. The molecule has 1 aromatic heterocycles. The summed E-state index contributed by atoms with van der Waals surface area (Å²) >= 11 is 0. The molecule has 2 rings (SSSR count). The molecule has 0 spiro atoms. The molecule has 3 nitrogen and oxygen atoms in total. The van der Waals surface area contributed by atoms with E-state index in [1.165, 1.54) is 23.0 Å². The average Bonchev–Trinajstić information content (AvgIpc) is 2.66. The predicted octanol–water partition coefficient (Wildman–Crippen LogP) is 2.62. The molecule has 0 saturated heterocycles. The lowest BCUT2D eigenvalue weighted by Gasteiger charge is -1.83. The second-order valence-corrected chi connectivity index (χ2v) is 2.29. The summed E-state index contributed by atoms with van der Waals surface area (Å²) in [5, 5.41) is 15.8. The van der Waals surface area contributed by atoms with Crippen LogP contribution in [0.5, 0.6) is 0 Å². The summed E-state index contributed by atoms with van der Waals surface area (Å²) in [4.78, 5) is 3.12. The minimum absolute atomic E-state index is 0. The lowest BCUT2D eigenvalue weighted by Crippen LogP contribution is -1.61. The van der Waals surface area contributed by atoms with Crippen LogP contribution >= 0.6 is 12.4 Å². The van der Waals surface area contributed by atoms with Crippen LogP contribution in [0.2, 0.25) is 0 Å². The van der Waals surface area contributed by atoms with Gasteiger partial charge in [-0.1, -0.05) is 18.2 Å². The first kappa shape index (κ1) is 12.0. The smallest absolute Gasteiger partial charge is 0.181 e. The van der Waals surface area contributed by atoms with E-state index in [-0.39, 0.29) is 12.4 Å². The molecule has 0 aliphatic carbocycles. The summed E-state index contributed by atoms with van der Waals surface area (Å²) in [6.07, 6.45) is 1.95. The van der Waals surface area contributed by atoms with Crippen LogP contribution in [0.15, 0.2) is 36.5 Å². The van der Waals surface area contributed by atoms with Crippen LogP contribution in [0.1, 0.15) is 0 Å². The van der Waals surface area contributed by atoms with E-state index in [0.29, 0.717) is 0 Å². The van der Waals surface area contributed by atoms with Crippen LogP contribution in [-0.2, 0) is 0 Å². The first-order valence-electron chi connectivity index (χ1n) is 3.69. The number of benzene rings is 1. The van der Waals surface area contributed by atoms with Crippen molar-refractivity contribution in [3.05, 3.63) is 36.5 Å². The van der Waals surface area contributed by atoms with Crippen LogP contribution in [-0.4, -0.2) is 4.98 Å². The fraction of sp³-hybridized carbons (Fsp3) is 0. The fourth-order valence-corrected chi connectivity index (χ4v) is 0.995. The maximum Gasteiger partial charge on any atom is 0.181 e. The van der Waals surface area contributed by atoms with Gasteiger partial charge in [0.2, 0.25) is 0 Å². The second-order valence-electron chi connectivity index (χ2n) is 2.29. The zero-order chi connectivity index (χ0) is 9.52. The van der Waals surface area contributed by atoms with Crippen LogP contribution in [0.25, 0.3) is 10.9 Å². The molecule has 1 heterocycles. The number of nitrogens with one attached hydrogen (secondary N) is 1. The Balaban J connectivity index is 0.000000299. The fourth-order valence-electron chi connectivity index (χ4n) is 0.995. The van der Waals surface area contributed by atoms with Gasteiger partial charge >= 0.3 is 0 Å². The van der Waals surface area contributed by atoms with E-state index < -0.39 is 0 Å². The van der Waals surface area contributed by atoms with E-state index in [1.807, 2.05) is 18.3 Å². The van der Waals surface area contributed by atoms with Gasteiger partial charge in [-0.15, -0.1) is 12.4 Å². The summed E-state index contributed by atoms with van der Waals surface area (Å²) in [6.45, 7) is 0. The lowest BCUT2D eigenvalue weighted by molar-refractivity contribution is 1.48. The highest BCUT2D eigenvalue weighted by Gasteiger charge is 1.86. The number of H-pyrrole nitrogens is 1. The Morgan fingerprint density at radius 3 is 2.21 bits per heavy atom. The molecule has 1 N–H and O–H groups in total. The third-order valence-electron chi connectivity index (χ3n) is 1.51. The molecule has 0 atom stereocenters. The van der Waals surface area contributed by atoms with Gasteiger partial charge in [-0.25, -0.2) is 0 Å². The predicted molar refractivity (Wildman–Crippen MR) is 56.8 cm³/mol. The Morgan fingerprint density at radius 1 is 1.00 bits per heavy atom. The van der Waals surface area contributed by atoms with E-state index in [2.05, 4.69) is 23.2 Å². The molecule has 0 unspecified atom stereocenters. The standard InChI is InChI=1S/C8H7N.C2N2.ClH/c1-2-4-8-7(3-1)5-6-9-8;3-1-2-4;/h1-6,9H;;1H. The van der Waals surface area contributed by atoms with Gasteiger partial charge < -0.3 is 4.98 Å². The SMILES string of the molecule is Cl.N#CC#N.c1ccc2[nH]ccc2c1. The summed E-state index contributed by atoms with van der Waals surface area (Å²) in [7, 11) is 0. The summed E-state index contributed by atoms with van der Waals surface area (Å²) in [5.41, 5.74) is 1.21. The zero-order valence-electron chi connectivity index (χ0n) is 7.27. The van der Waals surface area contributed by atoms with Gasteiger partial charge in [0.1, 0.15) is 0 Å². The van der Waals surface area contributed by atoms with Crippen molar-refractivity contribution in [2.24, 2.45) is 0 Å². The first-order chi connectivity index (χ1) is 6.38. The molecule has 70 valence electrons. The number of aromatic amines is 1. The van der Waals surface area contributed by atoms with Gasteiger partial charge in [-0.05, 0) is 17.5 Å². The first-order valence-corrected chi connectivity index (χ1v) is 3.69. The number of aromatic nitrogens is 1. The third-order valence-corrected chi connectivity index (χ3v) is 1.51. The molecule has 14 heavy (non-hydrogen) atoms. The normalized spacial score (nSPS) is 7.29. The average molecular weight is 206 g/mol. The third kappa shape index (κ3) is 3.18. The maximum absolute atomic E-state index is 7.26. The van der Waals surface area contributed by atoms with Crippen molar-refractivity contribution >= 4 is 23.3 Å². The van der Waals surface area contributed by atoms with E-state index in [4.69, 9.17) is 10.5 Å². The molecule has 4 heteroatoms. The monoisotopic (exact) mass is 205 g/mol. The number of hydrogen-bond donors (Lipinski definition) is 1. The molecule has 0 saturated carbocycles. The minimum Gasteiger partial charge on any atom is -0.361 e. The van der Waals surface area contributed by atoms with Gasteiger partial charge in [0.25, 0.3) is 0 Å². The Labute approximate surface area is 88.0 Å². The van der Waals surface area contributed by atoms with Crippen LogP contribution in [0.3, 0.4) is 0 Å². The van der Waals surface area contributed by atoms with Gasteiger partial charge in [-0.2, -0.15) is 10.5 Å². The second kappa shape index (κ2) is 6.54. The number of halogens is 1. The molecule has 0 radical (unpaired) electrons. The zero-order valence-corrected chi connectivity index (χ0v) is 8.08. The number of rotatable bonds is 0. The van der Waals surface area contributed by atoms with Crippen LogP contribution in [0.4, 0.5) is 0 Å². The van der Waals surface area contributed by atoms with Crippen molar-refractivity contribution in [3.63, 3.8) is 0 Å². The van der Waals surface area contributed by atoms with Gasteiger partial charge in [0.15, 0.2) is 12.1 Å². The van der Waals surface area contributed by atoms with Crippen molar-refractivity contribution < 1.29 is 0 Å². The summed E-state index contributed by atoms with van der Waals surface area (Å²) in [5.74, 6) is 0. The maximum atomic E-state index is 7.26. The minimum atomic E-state index is 0. The van der Waals surface area contributed by atoms with Crippen LogP contribution in [0, 0.1) is 22.7 Å². The highest BCUT2D eigenvalue weighted by atomic mass is 35.5. The number of fused-ring (bicyclic) bond motifs is 1. The Hall–Kier alpha value is -1.97. The number of hydrogen-bond acceptors (Lipinski definition) is 2. The summed E-state index contributed by atoms with van der Waals surface area (Å²) in [6, 6.07) is 12.8. The quantitative estimate of drug-likeness (QED) is 0.719. The Kier molecular flexibility index (Phi) is 5.62.